The van der Waals surface area contributed by atoms with Crippen LogP contribution in [-0.4, -0.2) is 16.1 Å². The third-order valence-corrected chi connectivity index (χ3v) is 3.71. The van der Waals surface area contributed by atoms with Crippen LogP contribution < -0.4 is 5.32 Å². The number of hydrogen-bond acceptors (Lipinski definition) is 4. The van der Waals surface area contributed by atoms with Gasteiger partial charge in [-0.2, -0.15) is 0 Å². The number of aryl methyl sites for hydroxylation is 1. The molecule has 0 bridgehead atoms. The molecule has 0 radical (unpaired) electrons. The van der Waals surface area contributed by atoms with Crippen LogP contribution in [0.1, 0.15) is 23.2 Å². The van der Waals surface area contributed by atoms with Crippen molar-refractivity contribution < 1.29 is 5.11 Å². The van der Waals surface area contributed by atoms with Gasteiger partial charge in [0.05, 0.1) is 0 Å². The van der Waals surface area contributed by atoms with Gasteiger partial charge in [-0.3, -0.25) is 0 Å². The number of phenolic OH excluding ortho intramolecular Hbond substituents is 1. The molecule has 0 saturated carbocycles. The second-order valence-electron chi connectivity index (χ2n) is 4.54. The first-order chi connectivity index (χ1) is 8.63. The lowest BCUT2D eigenvalue weighted by Crippen LogP contribution is -2.27. The van der Waals surface area contributed by atoms with Crippen LogP contribution in [0.4, 0.5) is 0 Å². The van der Waals surface area contributed by atoms with Gasteiger partial charge in [0, 0.05) is 23.7 Å². The van der Waals surface area contributed by atoms with Crippen molar-refractivity contribution >= 4 is 11.3 Å². The molecular formula is C14H18N2OS. The monoisotopic (exact) mass is 262 g/mol. The van der Waals surface area contributed by atoms with E-state index in [9.17, 15) is 5.11 Å². The third-order valence-electron chi connectivity index (χ3n) is 2.75. The number of rotatable bonds is 5. The van der Waals surface area contributed by atoms with Gasteiger partial charge in [0.15, 0.2) is 0 Å². The molecule has 2 N–H and O–H groups in total. The van der Waals surface area contributed by atoms with Crippen LogP contribution >= 0.6 is 11.3 Å². The summed E-state index contributed by atoms with van der Waals surface area (Å²) in [7, 11) is 0. The third kappa shape index (κ3) is 3.82. The maximum absolute atomic E-state index is 9.22. The van der Waals surface area contributed by atoms with E-state index in [4.69, 9.17) is 0 Å². The van der Waals surface area contributed by atoms with Crippen LogP contribution in [0.5, 0.6) is 5.75 Å². The average molecular weight is 262 g/mol. The highest BCUT2D eigenvalue weighted by Gasteiger charge is 2.05. The van der Waals surface area contributed by atoms with Gasteiger partial charge in [0.1, 0.15) is 10.8 Å². The summed E-state index contributed by atoms with van der Waals surface area (Å²) in [6, 6.07) is 7.76. The van der Waals surface area contributed by atoms with Crippen molar-refractivity contribution in [1.29, 1.82) is 0 Å². The van der Waals surface area contributed by atoms with Gasteiger partial charge in [-0.05, 0) is 38.0 Å². The fraction of sp³-hybridized carbons (Fsp3) is 0.357. The van der Waals surface area contributed by atoms with E-state index in [1.54, 1.807) is 23.5 Å². The van der Waals surface area contributed by atoms with Crippen molar-refractivity contribution in [2.75, 3.05) is 0 Å². The van der Waals surface area contributed by atoms with Gasteiger partial charge in [-0.25, -0.2) is 4.98 Å². The van der Waals surface area contributed by atoms with E-state index in [0.717, 1.165) is 23.7 Å². The lowest BCUT2D eigenvalue weighted by molar-refractivity contribution is 0.474. The van der Waals surface area contributed by atoms with Gasteiger partial charge >= 0.3 is 0 Å². The van der Waals surface area contributed by atoms with Crippen molar-refractivity contribution in [1.82, 2.24) is 10.3 Å². The molecule has 1 aromatic heterocycles. The summed E-state index contributed by atoms with van der Waals surface area (Å²) >= 11 is 1.69. The molecule has 1 aromatic carbocycles. The number of nitrogens with one attached hydrogen (secondary N) is 1. The maximum atomic E-state index is 9.22. The molecule has 1 unspecified atom stereocenters. The highest BCUT2D eigenvalue weighted by molar-refractivity contribution is 7.09. The maximum Gasteiger partial charge on any atom is 0.115 e. The molecule has 0 aliphatic heterocycles. The lowest BCUT2D eigenvalue weighted by Gasteiger charge is -2.12. The van der Waals surface area contributed by atoms with Crippen molar-refractivity contribution in [2.24, 2.45) is 0 Å². The van der Waals surface area contributed by atoms with Gasteiger partial charge in [0.25, 0.3) is 0 Å². The standard InChI is InChI=1S/C14H18N2OS/c1-10(7-12-3-5-13(17)6-4-12)15-8-14-16-11(2)9-18-14/h3-6,9-10,15,17H,7-8H2,1-2H3. The Labute approximate surface area is 112 Å². The molecule has 96 valence electrons. The first kappa shape index (κ1) is 13.1. The molecule has 2 rings (SSSR count). The Balaban J connectivity index is 1.81. The number of aromatic nitrogens is 1. The molecule has 1 heterocycles. The van der Waals surface area contributed by atoms with E-state index >= 15 is 0 Å². The second kappa shape index (κ2) is 5.98. The smallest absolute Gasteiger partial charge is 0.115 e. The minimum absolute atomic E-state index is 0.317. The largest absolute Gasteiger partial charge is 0.508 e. The normalized spacial score (nSPS) is 12.6. The molecule has 2 aromatic rings. The topological polar surface area (TPSA) is 45.1 Å². The van der Waals surface area contributed by atoms with E-state index < -0.39 is 0 Å². The summed E-state index contributed by atoms with van der Waals surface area (Å²) in [6.07, 6.45) is 0.949. The van der Waals surface area contributed by atoms with Crippen molar-refractivity contribution in [3.63, 3.8) is 0 Å². The second-order valence-corrected chi connectivity index (χ2v) is 5.48. The Morgan fingerprint density at radius 1 is 1.33 bits per heavy atom. The zero-order chi connectivity index (χ0) is 13.0. The van der Waals surface area contributed by atoms with E-state index in [2.05, 4.69) is 22.6 Å². The molecule has 0 amide bonds. The van der Waals surface area contributed by atoms with E-state index in [0.29, 0.717) is 11.8 Å². The lowest BCUT2D eigenvalue weighted by atomic mass is 10.1. The van der Waals surface area contributed by atoms with Crippen molar-refractivity contribution in [3.05, 3.63) is 45.9 Å². The Bertz CT molecular complexity index is 493. The molecule has 0 spiro atoms. The number of nitrogens with zero attached hydrogens (tertiary/aromatic N) is 1. The fourth-order valence-corrected chi connectivity index (χ4v) is 2.53. The highest BCUT2D eigenvalue weighted by Crippen LogP contribution is 2.12. The number of hydrogen-bond donors (Lipinski definition) is 2. The first-order valence-electron chi connectivity index (χ1n) is 6.06. The molecule has 1 atom stereocenters. The van der Waals surface area contributed by atoms with Crippen LogP contribution in [-0.2, 0) is 13.0 Å². The van der Waals surface area contributed by atoms with Crippen LogP contribution in [0.15, 0.2) is 29.6 Å². The summed E-state index contributed by atoms with van der Waals surface area (Å²) in [6.45, 7) is 4.99. The molecular weight excluding hydrogens is 244 g/mol. The summed E-state index contributed by atoms with van der Waals surface area (Å²) < 4.78 is 0. The first-order valence-corrected chi connectivity index (χ1v) is 6.94. The predicted molar refractivity (Wildman–Crippen MR) is 75.0 cm³/mol. The van der Waals surface area contributed by atoms with Crippen LogP contribution in [0.25, 0.3) is 0 Å². The van der Waals surface area contributed by atoms with Crippen molar-refractivity contribution in [2.45, 2.75) is 32.9 Å². The molecule has 0 aliphatic rings. The number of aromatic hydroxyl groups is 1. The van der Waals surface area contributed by atoms with Crippen LogP contribution in [0.3, 0.4) is 0 Å². The molecule has 18 heavy (non-hydrogen) atoms. The number of phenols is 1. The Hall–Kier alpha value is -1.39. The molecule has 0 saturated heterocycles. The molecule has 3 nitrogen and oxygen atoms in total. The van der Waals surface area contributed by atoms with E-state index in [1.807, 2.05) is 19.1 Å². The summed E-state index contributed by atoms with van der Waals surface area (Å²) in [5.41, 5.74) is 2.31. The minimum Gasteiger partial charge on any atom is -0.508 e. The fourth-order valence-electron chi connectivity index (χ4n) is 1.80. The van der Waals surface area contributed by atoms with Gasteiger partial charge < -0.3 is 10.4 Å². The SMILES string of the molecule is Cc1csc(CNC(C)Cc2ccc(O)cc2)n1. The minimum atomic E-state index is 0.317. The van der Waals surface area contributed by atoms with E-state index in [1.165, 1.54) is 5.56 Å². The zero-order valence-corrected chi connectivity index (χ0v) is 11.5. The summed E-state index contributed by atoms with van der Waals surface area (Å²) in [5, 5.41) is 15.9. The van der Waals surface area contributed by atoms with Crippen LogP contribution in [0, 0.1) is 6.92 Å². The van der Waals surface area contributed by atoms with Gasteiger partial charge in [0.2, 0.25) is 0 Å². The predicted octanol–water partition coefficient (Wildman–Crippen LogP) is 2.88. The number of benzene rings is 1. The van der Waals surface area contributed by atoms with Crippen molar-refractivity contribution in [3.8, 4) is 5.75 Å². The Morgan fingerprint density at radius 2 is 2.06 bits per heavy atom. The quantitative estimate of drug-likeness (QED) is 0.871. The highest BCUT2D eigenvalue weighted by atomic mass is 32.1. The van der Waals surface area contributed by atoms with Crippen LogP contribution in [0.2, 0.25) is 0 Å². The zero-order valence-electron chi connectivity index (χ0n) is 10.7. The molecule has 0 fully saturated rings. The number of thiazole rings is 1. The molecule has 4 heteroatoms. The van der Waals surface area contributed by atoms with Gasteiger partial charge in [-0.15, -0.1) is 11.3 Å². The average Bonchev–Trinajstić information content (AvgIpc) is 2.76. The summed E-state index contributed by atoms with van der Waals surface area (Å²) in [5.74, 6) is 0.317. The Morgan fingerprint density at radius 3 is 2.67 bits per heavy atom. The van der Waals surface area contributed by atoms with Gasteiger partial charge in [-0.1, -0.05) is 12.1 Å². The molecule has 0 aliphatic carbocycles. The Kier molecular flexibility index (Phi) is 4.33. The van der Waals surface area contributed by atoms with E-state index in [-0.39, 0.29) is 0 Å². The summed E-state index contributed by atoms with van der Waals surface area (Å²) in [4.78, 5) is 4.42.